The van der Waals surface area contributed by atoms with Crippen LogP contribution in [0.3, 0.4) is 0 Å². The monoisotopic (exact) mass is 447 g/mol. The molecule has 2 aromatic rings. The summed E-state index contributed by atoms with van der Waals surface area (Å²) >= 11 is 0. The number of amides is 2. The zero-order valence-electron chi connectivity index (χ0n) is 17.1. The Morgan fingerprint density at radius 1 is 1.12 bits per heavy atom. The number of hydrogen-bond acceptors (Lipinski definition) is 3. The highest BCUT2D eigenvalue weighted by atomic mass is 19.4. The normalized spacial score (nSPS) is 16.2. The fourth-order valence-corrected chi connectivity index (χ4v) is 4.09. The average Bonchev–Trinajstić information content (AvgIpc) is 2.71. The number of nitrogens with zero attached hydrogens (tertiary/aromatic N) is 2. The van der Waals surface area contributed by atoms with Crippen LogP contribution in [0.2, 0.25) is 0 Å². The maximum absolute atomic E-state index is 13.9. The van der Waals surface area contributed by atoms with E-state index in [1.165, 1.54) is 12.1 Å². The van der Waals surface area contributed by atoms with Crippen molar-refractivity contribution in [1.29, 1.82) is 0 Å². The number of rotatable bonds is 4. The van der Waals surface area contributed by atoms with Gasteiger partial charge in [0.2, 0.25) is 11.8 Å². The highest BCUT2D eigenvalue weighted by molar-refractivity contribution is 5.90. The van der Waals surface area contributed by atoms with Gasteiger partial charge in [-0.2, -0.15) is 13.2 Å². The van der Waals surface area contributed by atoms with Crippen LogP contribution in [0, 0.1) is 11.7 Å². The van der Waals surface area contributed by atoms with Gasteiger partial charge in [0, 0.05) is 37.6 Å². The van der Waals surface area contributed by atoms with Crippen LogP contribution >= 0.6 is 0 Å². The lowest BCUT2D eigenvalue weighted by Gasteiger charge is -2.41. The standard InChI is InChI=1S/C23H21F4N3O2/c1-2-21(31)30-12-15(13-30)22(32)29-9-8-17-14(11-29)4-3-5-20(17)28-16-6-7-18(19(24)10-16)23(25,26)27/h2-7,10,15,28H,1,8-9,11-13H2. The molecule has 1 N–H and O–H groups in total. The molecular formula is C23H21F4N3O2. The van der Waals surface area contributed by atoms with Gasteiger partial charge in [0.1, 0.15) is 5.82 Å². The Morgan fingerprint density at radius 2 is 1.88 bits per heavy atom. The summed E-state index contributed by atoms with van der Waals surface area (Å²) in [5.74, 6) is -1.76. The molecule has 2 aliphatic heterocycles. The van der Waals surface area contributed by atoms with E-state index in [0.717, 1.165) is 17.2 Å². The molecule has 9 heteroatoms. The first-order chi connectivity index (χ1) is 15.2. The minimum absolute atomic E-state index is 0.00747. The van der Waals surface area contributed by atoms with Crippen molar-refractivity contribution < 1.29 is 27.2 Å². The molecule has 0 unspecified atom stereocenters. The predicted molar refractivity (Wildman–Crippen MR) is 111 cm³/mol. The Hall–Kier alpha value is -3.36. The second-order valence-corrected chi connectivity index (χ2v) is 7.91. The predicted octanol–water partition coefficient (Wildman–Crippen LogP) is 4.12. The molecule has 1 saturated heterocycles. The van der Waals surface area contributed by atoms with Crippen LogP contribution in [-0.2, 0) is 28.7 Å². The van der Waals surface area contributed by atoms with Crippen molar-refractivity contribution >= 4 is 23.2 Å². The summed E-state index contributed by atoms with van der Waals surface area (Å²) in [5, 5.41) is 3.00. The molecule has 2 aromatic carbocycles. The zero-order valence-corrected chi connectivity index (χ0v) is 17.1. The van der Waals surface area contributed by atoms with Crippen molar-refractivity contribution in [2.45, 2.75) is 19.1 Å². The molecule has 1 fully saturated rings. The fourth-order valence-electron chi connectivity index (χ4n) is 4.09. The molecule has 0 bridgehead atoms. The molecule has 2 aliphatic rings. The Balaban J connectivity index is 1.45. The Morgan fingerprint density at radius 3 is 2.53 bits per heavy atom. The number of anilines is 2. The van der Waals surface area contributed by atoms with Crippen molar-refractivity contribution in [1.82, 2.24) is 9.80 Å². The average molecular weight is 447 g/mol. The Kier molecular flexibility index (Phi) is 5.66. The first kappa shape index (κ1) is 21.9. The number of alkyl halides is 3. The van der Waals surface area contributed by atoms with E-state index in [9.17, 15) is 27.2 Å². The van der Waals surface area contributed by atoms with Crippen LogP contribution in [0.15, 0.2) is 49.1 Å². The molecule has 2 heterocycles. The first-order valence-corrected chi connectivity index (χ1v) is 10.1. The van der Waals surface area contributed by atoms with Gasteiger partial charge in [0.15, 0.2) is 0 Å². The maximum Gasteiger partial charge on any atom is 0.419 e. The van der Waals surface area contributed by atoms with E-state index in [-0.39, 0.29) is 23.4 Å². The van der Waals surface area contributed by atoms with E-state index in [4.69, 9.17) is 0 Å². The molecule has 168 valence electrons. The van der Waals surface area contributed by atoms with E-state index in [0.29, 0.717) is 44.4 Å². The molecular weight excluding hydrogens is 426 g/mol. The number of nitrogens with one attached hydrogen (secondary N) is 1. The van der Waals surface area contributed by atoms with E-state index >= 15 is 0 Å². The largest absolute Gasteiger partial charge is 0.419 e. The second kappa shape index (κ2) is 8.29. The third kappa shape index (κ3) is 4.19. The summed E-state index contributed by atoms with van der Waals surface area (Å²) in [6, 6.07) is 8.18. The highest BCUT2D eigenvalue weighted by Crippen LogP contribution is 2.34. The zero-order chi connectivity index (χ0) is 23.0. The minimum Gasteiger partial charge on any atom is -0.355 e. The van der Waals surface area contributed by atoms with Crippen molar-refractivity contribution in [2.75, 3.05) is 25.0 Å². The van der Waals surface area contributed by atoms with E-state index in [1.807, 2.05) is 6.07 Å². The molecule has 0 radical (unpaired) electrons. The van der Waals surface area contributed by atoms with Crippen LogP contribution in [0.25, 0.3) is 0 Å². The van der Waals surface area contributed by atoms with Gasteiger partial charge < -0.3 is 15.1 Å². The molecule has 0 atom stereocenters. The van der Waals surface area contributed by atoms with Gasteiger partial charge in [0.25, 0.3) is 0 Å². The van der Waals surface area contributed by atoms with Gasteiger partial charge in [-0.3, -0.25) is 9.59 Å². The number of likely N-dealkylation sites (tertiary alicyclic amines) is 1. The van der Waals surface area contributed by atoms with E-state index < -0.39 is 17.6 Å². The van der Waals surface area contributed by atoms with Gasteiger partial charge in [-0.05, 0) is 47.9 Å². The number of benzene rings is 2. The van der Waals surface area contributed by atoms with Crippen molar-refractivity contribution in [3.63, 3.8) is 0 Å². The summed E-state index contributed by atoms with van der Waals surface area (Å²) in [6.45, 7) is 5.09. The molecule has 0 aromatic heterocycles. The summed E-state index contributed by atoms with van der Waals surface area (Å²) in [6.07, 6.45) is -2.97. The minimum atomic E-state index is -4.75. The van der Waals surface area contributed by atoms with Crippen molar-refractivity contribution in [3.8, 4) is 0 Å². The maximum atomic E-state index is 13.9. The lowest BCUT2D eigenvalue weighted by molar-refractivity contribution is -0.147. The quantitative estimate of drug-likeness (QED) is 0.567. The summed E-state index contributed by atoms with van der Waals surface area (Å²) in [7, 11) is 0. The Bertz CT molecular complexity index is 1080. The van der Waals surface area contributed by atoms with Gasteiger partial charge in [-0.25, -0.2) is 4.39 Å². The van der Waals surface area contributed by atoms with Crippen LogP contribution in [0.5, 0.6) is 0 Å². The summed E-state index contributed by atoms with van der Waals surface area (Å²) in [5.41, 5.74) is 1.43. The molecule has 4 rings (SSSR count). The molecule has 0 aliphatic carbocycles. The number of halogens is 4. The molecule has 0 saturated carbocycles. The SMILES string of the molecule is C=CC(=O)N1CC(C(=O)N2CCc3c(cccc3Nc3ccc(C(F)(F)F)c(F)c3)C2)C1. The van der Waals surface area contributed by atoms with Gasteiger partial charge in [0.05, 0.1) is 11.5 Å². The second-order valence-electron chi connectivity index (χ2n) is 7.91. The van der Waals surface area contributed by atoms with E-state index in [2.05, 4.69) is 11.9 Å². The molecule has 5 nitrogen and oxygen atoms in total. The van der Waals surface area contributed by atoms with Gasteiger partial charge in [-0.1, -0.05) is 18.7 Å². The topological polar surface area (TPSA) is 52.7 Å². The number of carbonyl (C=O) groups excluding carboxylic acids is 2. The number of hydrogen-bond donors (Lipinski definition) is 1. The molecule has 32 heavy (non-hydrogen) atoms. The van der Waals surface area contributed by atoms with Crippen LogP contribution in [-0.4, -0.2) is 41.2 Å². The first-order valence-electron chi connectivity index (χ1n) is 10.1. The Labute approximate surface area is 182 Å². The van der Waals surface area contributed by atoms with Crippen molar-refractivity contribution in [3.05, 3.63) is 71.6 Å². The lowest BCUT2D eigenvalue weighted by Crippen LogP contribution is -2.56. The molecule has 2 amide bonds. The molecule has 0 spiro atoms. The summed E-state index contributed by atoms with van der Waals surface area (Å²) in [4.78, 5) is 27.7. The third-order valence-corrected chi connectivity index (χ3v) is 5.85. The van der Waals surface area contributed by atoms with Crippen LogP contribution in [0.1, 0.15) is 16.7 Å². The van der Waals surface area contributed by atoms with Crippen LogP contribution < -0.4 is 5.32 Å². The smallest absolute Gasteiger partial charge is 0.355 e. The van der Waals surface area contributed by atoms with Gasteiger partial charge in [-0.15, -0.1) is 0 Å². The van der Waals surface area contributed by atoms with E-state index in [1.54, 1.807) is 21.9 Å². The lowest BCUT2D eigenvalue weighted by atomic mass is 9.93. The van der Waals surface area contributed by atoms with Gasteiger partial charge >= 0.3 is 6.18 Å². The fraction of sp³-hybridized carbons (Fsp3) is 0.304. The highest BCUT2D eigenvalue weighted by Gasteiger charge is 2.38. The van der Waals surface area contributed by atoms with Crippen molar-refractivity contribution in [2.24, 2.45) is 5.92 Å². The third-order valence-electron chi connectivity index (χ3n) is 5.85. The number of fused-ring (bicyclic) bond motifs is 1. The van der Waals surface area contributed by atoms with Crippen LogP contribution in [0.4, 0.5) is 28.9 Å². The number of carbonyl (C=O) groups is 2. The summed E-state index contributed by atoms with van der Waals surface area (Å²) < 4.78 is 52.3.